The Bertz CT molecular complexity index is 2300. The molecule has 4 amide bonds. The number of carbonyl (C=O) groups is 4. The van der Waals surface area contributed by atoms with Gasteiger partial charge in [0, 0.05) is 11.6 Å². The van der Waals surface area contributed by atoms with Crippen molar-refractivity contribution in [2.45, 2.75) is 84.1 Å². The number of benzene rings is 3. The van der Waals surface area contributed by atoms with Crippen molar-refractivity contribution >= 4 is 34.8 Å². The van der Waals surface area contributed by atoms with Crippen LogP contribution in [0.25, 0.3) is 44.4 Å². The van der Waals surface area contributed by atoms with E-state index >= 15 is 0 Å². The summed E-state index contributed by atoms with van der Waals surface area (Å²) in [7, 11) is 2.57. The summed E-state index contributed by atoms with van der Waals surface area (Å²) in [6.07, 6.45) is 5.24. The summed E-state index contributed by atoms with van der Waals surface area (Å²) < 4.78 is 9.49. The maximum Gasteiger partial charge on any atom is 0.407 e. The number of aromatic amines is 2. The maximum atomic E-state index is 13.9. The Morgan fingerprint density at radius 1 is 0.690 bits per heavy atom. The number of amides is 4. The van der Waals surface area contributed by atoms with E-state index in [0.717, 1.165) is 69.5 Å². The Morgan fingerprint density at radius 3 is 1.91 bits per heavy atom. The Morgan fingerprint density at radius 2 is 1.26 bits per heavy atom. The summed E-state index contributed by atoms with van der Waals surface area (Å²) in [6, 6.07) is 19.1. The molecule has 2 aromatic heterocycles. The molecule has 1 aliphatic carbocycles. The zero-order valence-electron chi connectivity index (χ0n) is 34.0. The number of H-pyrrole nitrogens is 2. The number of piperidine rings is 1. The van der Waals surface area contributed by atoms with Crippen LogP contribution >= 0.6 is 0 Å². The number of ether oxygens (including phenoxy) is 2. The molecule has 1 saturated heterocycles. The predicted octanol–water partition coefficient (Wildman–Crippen LogP) is 7.28. The van der Waals surface area contributed by atoms with E-state index in [1.165, 1.54) is 14.2 Å². The highest BCUT2D eigenvalue weighted by Gasteiger charge is 2.51. The standard InChI is InChI=1S/C44H52N8O6/c1-23(2)36(50-43(55)57-6)41(53)47-25(5)39-45-21-34(48-39)27-10-8-26(9-11-27)28-12-13-30-19-31(15-14-29(30)18-28)35-22-46-40(49-35)38-32-16-17-33(20-32)52(38)42(54)37(24(3)4)51-44(56)58-7/h8-15,18-19,21-25,32-33,36-38H,16-17,20H2,1-7H3,(H,45,48)(H,46,49)(H,47,53)(H,50,55)(H,51,56)/t25-,32-,33+,36-,37-,38-/m0/s1. The summed E-state index contributed by atoms with van der Waals surface area (Å²) in [5, 5.41) is 10.5. The molecule has 0 radical (unpaired) electrons. The molecule has 1 saturated carbocycles. The van der Waals surface area contributed by atoms with Gasteiger partial charge in [-0.25, -0.2) is 19.6 Å². The third-order valence-electron chi connectivity index (χ3n) is 11.6. The van der Waals surface area contributed by atoms with Crippen molar-refractivity contribution in [1.29, 1.82) is 0 Å². The van der Waals surface area contributed by atoms with Crippen LogP contribution in [0.1, 0.15) is 77.6 Å². The number of nitrogens with zero attached hydrogens (tertiary/aromatic N) is 3. The molecule has 6 atom stereocenters. The number of aromatic nitrogens is 4. The van der Waals surface area contributed by atoms with Gasteiger partial charge in [-0.2, -0.15) is 0 Å². The first-order valence-corrected chi connectivity index (χ1v) is 19.9. The highest BCUT2D eigenvalue weighted by atomic mass is 16.5. The molecular weight excluding hydrogens is 737 g/mol. The van der Waals surface area contributed by atoms with Gasteiger partial charge < -0.3 is 40.3 Å². The van der Waals surface area contributed by atoms with Crippen molar-refractivity contribution < 1.29 is 28.7 Å². The van der Waals surface area contributed by atoms with Gasteiger partial charge in [-0.1, -0.05) is 76.2 Å². The summed E-state index contributed by atoms with van der Waals surface area (Å²) in [6.45, 7) is 9.39. The lowest BCUT2D eigenvalue weighted by molar-refractivity contribution is -0.139. The van der Waals surface area contributed by atoms with E-state index in [0.29, 0.717) is 11.7 Å². The number of methoxy groups -OCH3 is 2. The first-order chi connectivity index (χ1) is 27.8. The van der Waals surface area contributed by atoms with Crippen LogP contribution in [0.4, 0.5) is 9.59 Å². The van der Waals surface area contributed by atoms with Gasteiger partial charge in [0.1, 0.15) is 23.7 Å². The first kappa shape index (κ1) is 40.0. The van der Waals surface area contributed by atoms with Gasteiger partial charge in [0.05, 0.1) is 50.1 Å². The fraction of sp³-hybridized carbons (Fsp3) is 0.409. The first-order valence-electron chi connectivity index (χ1n) is 19.9. The molecule has 0 spiro atoms. The number of imidazole rings is 2. The SMILES string of the molecule is COC(=O)N[C@H](C(=O)N[C@@H](C)c1ncc(-c2ccc(-c3ccc4cc(-c5cnc([C@@H]6[C@H]7CC[C@H](C7)N6C(=O)[C@@H](NC(=O)OC)C(C)C)[nH]5)ccc4c3)cc2)[nH]1)C(C)C. The van der Waals surface area contributed by atoms with Crippen LogP contribution in [0.5, 0.6) is 0 Å². The lowest BCUT2D eigenvalue weighted by Gasteiger charge is -2.37. The van der Waals surface area contributed by atoms with E-state index in [2.05, 4.69) is 84.2 Å². The Hall–Kier alpha value is -6.18. The van der Waals surface area contributed by atoms with Crippen LogP contribution in [0.3, 0.4) is 0 Å². The largest absolute Gasteiger partial charge is 0.453 e. The van der Waals surface area contributed by atoms with E-state index in [4.69, 9.17) is 9.72 Å². The van der Waals surface area contributed by atoms with Gasteiger partial charge in [0.15, 0.2) is 0 Å². The van der Waals surface area contributed by atoms with Gasteiger partial charge in [0.25, 0.3) is 0 Å². The summed E-state index contributed by atoms with van der Waals surface area (Å²) in [4.78, 5) is 68.9. The molecule has 5 aromatic rings. The molecule has 304 valence electrons. The normalized spacial score (nSPS) is 18.9. The van der Waals surface area contributed by atoms with E-state index in [-0.39, 0.29) is 35.7 Å². The van der Waals surface area contributed by atoms with Crippen LogP contribution in [-0.2, 0) is 19.1 Å². The highest BCUT2D eigenvalue weighted by molar-refractivity contribution is 5.91. The number of rotatable bonds is 12. The Labute approximate surface area is 337 Å². The van der Waals surface area contributed by atoms with Crippen molar-refractivity contribution in [2.24, 2.45) is 17.8 Å². The third-order valence-corrected chi connectivity index (χ3v) is 11.6. The highest BCUT2D eigenvalue weighted by Crippen LogP contribution is 2.50. The summed E-state index contributed by atoms with van der Waals surface area (Å²) in [5.74, 6) is 1.02. The molecule has 14 heteroatoms. The lowest BCUT2D eigenvalue weighted by atomic mass is 9.95. The van der Waals surface area contributed by atoms with Gasteiger partial charge >= 0.3 is 12.2 Å². The molecule has 5 N–H and O–H groups in total. The topological polar surface area (TPSA) is 183 Å². The summed E-state index contributed by atoms with van der Waals surface area (Å²) in [5.41, 5.74) is 5.81. The molecule has 58 heavy (non-hydrogen) atoms. The van der Waals surface area contributed by atoms with Gasteiger partial charge in [0.2, 0.25) is 11.8 Å². The minimum absolute atomic E-state index is 0.0946. The van der Waals surface area contributed by atoms with Crippen LogP contribution < -0.4 is 16.0 Å². The Kier molecular flexibility index (Phi) is 11.6. The number of alkyl carbamates (subject to hydrolysis) is 2. The van der Waals surface area contributed by atoms with Gasteiger partial charge in [-0.05, 0) is 83.5 Å². The van der Waals surface area contributed by atoms with E-state index in [9.17, 15) is 19.2 Å². The number of nitrogens with one attached hydrogen (secondary N) is 5. The molecule has 2 aliphatic rings. The number of fused-ring (bicyclic) bond motifs is 3. The van der Waals surface area contributed by atoms with Crippen LogP contribution in [0.15, 0.2) is 73.1 Å². The fourth-order valence-corrected chi connectivity index (χ4v) is 8.38. The molecule has 3 aromatic carbocycles. The van der Waals surface area contributed by atoms with Crippen LogP contribution in [-0.4, -0.2) is 81.2 Å². The second-order valence-corrected chi connectivity index (χ2v) is 16.1. The van der Waals surface area contributed by atoms with Crippen molar-refractivity contribution in [3.05, 3.63) is 84.7 Å². The van der Waals surface area contributed by atoms with Gasteiger partial charge in [-0.3, -0.25) is 9.59 Å². The number of likely N-dealkylation sites (tertiary alicyclic amines) is 1. The molecule has 14 nitrogen and oxygen atoms in total. The van der Waals surface area contributed by atoms with Crippen molar-refractivity contribution in [1.82, 2.24) is 40.8 Å². The molecule has 7 rings (SSSR count). The zero-order chi connectivity index (χ0) is 41.2. The lowest BCUT2D eigenvalue weighted by Crippen LogP contribution is -2.54. The molecule has 1 aliphatic heterocycles. The second kappa shape index (κ2) is 16.7. The number of carbonyl (C=O) groups excluding carboxylic acids is 4. The second-order valence-electron chi connectivity index (χ2n) is 16.1. The van der Waals surface area contributed by atoms with Crippen molar-refractivity contribution in [3.63, 3.8) is 0 Å². The minimum atomic E-state index is -0.745. The van der Waals surface area contributed by atoms with Crippen LogP contribution in [0, 0.1) is 17.8 Å². The van der Waals surface area contributed by atoms with Crippen LogP contribution in [0.2, 0.25) is 0 Å². The minimum Gasteiger partial charge on any atom is -0.453 e. The molecule has 2 bridgehead atoms. The average molecular weight is 789 g/mol. The molecule has 0 unspecified atom stereocenters. The smallest absolute Gasteiger partial charge is 0.407 e. The monoisotopic (exact) mass is 788 g/mol. The zero-order valence-corrected chi connectivity index (χ0v) is 34.0. The quantitative estimate of drug-likeness (QED) is 0.0874. The van der Waals surface area contributed by atoms with Crippen molar-refractivity contribution in [3.8, 4) is 33.6 Å². The van der Waals surface area contributed by atoms with E-state index in [1.54, 1.807) is 6.20 Å². The number of hydrogen-bond acceptors (Lipinski definition) is 8. The van der Waals surface area contributed by atoms with E-state index in [1.807, 2.05) is 57.8 Å². The van der Waals surface area contributed by atoms with Gasteiger partial charge in [-0.15, -0.1) is 0 Å². The average Bonchev–Trinajstić information content (AvgIpc) is 4.06. The third kappa shape index (κ3) is 8.13. The number of hydrogen-bond donors (Lipinski definition) is 5. The molecule has 3 heterocycles. The van der Waals surface area contributed by atoms with E-state index < -0.39 is 30.3 Å². The predicted molar refractivity (Wildman–Crippen MR) is 220 cm³/mol. The molecular formula is C44H52N8O6. The maximum absolute atomic E-state index is 13.9. The molecule has 2 fully saturated rings. The Balaban J connectivity index is 1.03. The fourth-order valence-electron chi connectivity index (χ4n) is 8.38. The summed E-state index contributed by atoms with van der Waals surface area (Å²) >= 11 is 0. The van der Waals surface area contributed by atoms with Crippen molar-refractivity contribution in [2.75, 3.05) is 14.2 Å².